The second-order valence-electron chi connectivity index (χ2n) is 5.54. The number of amidine groups is 1. The van der Waals surface area contributed by atoms with Gasteiger partial charge in [-0.25, -0.2) is 5.84 Å². The maximum absolute atomic E-state index is 5.74. The summed E-state index contributed by atoms with van der Waals surface area (Å²) in [5.74, 6) is 6.55. The van der Waals surface area contributed by atoms with E-state index in [0.717, 1.165) is 25.3 Å². The lowest BCUT2D eigenvalue weighted by Gasteiger charge is -2.23. The molecule has 1 unspecified atom stereocenters. The molecular formula is C14H27N3O. The van der Waals surface area contributed by atoms with E-state index in [1.54, 1.807) is 0 Å². The molecule has 0 radical (unpaired) electrons. The fourth-order valence-electron chi connectivity index (χ4n) is 2.94. The molecule has 0 spiro atoms. The lowest BCUT2D eigenvalue weighted by atomic mass is 9.96. The van der Waals surface area contributed by atoms with E-state index in [-0.39, 0.29) is 0 Å². The van der Waals surface area contributed by atoms with Crippen LogP contribution in [0.4, 0.5) is 0 Å². The molecule has 1 aliphatic carbocycles. The minimum Gasteiger partial charge on any atom is -0.378 e. The van der Waals surface area contributed by atoms with Crippen molar-refractivity contribution >= 4 is 5.84 Å². The van der Waals surface area contributed by atoms with Crippen molar-refractivity contribution in [3.05, 3.63) is 0 Å². The number of ether oxygens (including phenoxy) is 1. The lowest BCUT2D eigenvalue weighted by molar-refractivity contribution is 0.0124. The minimum atomic E-state index is 0.420. The van der Waals surface area contributed by atoms with Crippen LogP contribution >= 0.6 is 0 Å². The van der Waals surface area contributed by atoms with Crippen molar-refractivity contribution in [3.63, 3.8) is 0 Å². The summed E-state index contributed by atoms with van der Waals surface area (Å²) in [5.41, 5.74) is 2.78. The second-order valence-corrected chi connectivity index (χ2v) is 5.54. The van der Waals surface area contributed by atoms with Gasteiger partial charge in [-0.3, -0.25) is 4.99 Å². The minimum absolute atomic E-state index is 0.420. The molecule has 0 amide bonds. The van der Waals surface area contributed by atoms with Crippen LogP contribution in [0.1, 0.15) is 64.2 Å². The van der Waals surface area contributed by atoms with E-state index in [9.17, 15) is 0 Å². The Kier molecular flexibility index (Phi) is 5.94. The van der Waals surface area contributed by atoms with E-state index < -0.39 is 0 Å². The Hall–Kier alpha value is -0.610. The summed E-state index contributed by atoms with van der Waals surface area (Å²) in [7, 11) is 0. The zero-order valence-corrected chi connectivity index (χ0v) is 11.4. The Labute approximate surface area is 110 Å². The first-order valence-corrected chi connectivity index (χ1v) is 7.53. The number of nitrogens with one attached hydrogen (secondary N) is 1. The maximum Gasteiger partial charge on any atom is 0.111 e. The summed E-state index contributed by atoms with van der Waals surface area (Å²) < 4.78 is 5.74. The summed E-state index contributed by atoms with van der Waals surface area (Å²) in [4.78, 5) is 4.76. The molecule has 1 atom stereocenters. The number of aliphatic imine (C=N–C) groups is 1. The van der Waals surface area contributed by atoms with Gasteiger partial charge in [0.15, 0.2) is 0 Å². The van der Waals surface area contributed by atoms with Gasteiger partial charge in [0, 0.05) is 13.0 Å². The molecule has 0 aromatic rings. The Morgan fingerprint density at radius 2 is 1.89 bits per heavy atom. The first-order chi connectivity index (χ1) is 8.88. The second kappa shape index (κ2) is 7.74. The third-order valence-corrected chi connectivity index (χ3v) is 4.06. The number of nitrogens with two attached hydrogens (primary N) is 1. The lowest BCUT2D eigenvalue weighted by Crippen LogP contribution is -2.33. The Morgan fingerprint density at radius 3 is 2.56 bits per heavy atom. The van der Waals surface area contributed by atoms with E-state index >= 15 is 0 Å². The Bertz CT molecular complexity index is 256. The number of rotatable bonds is 4. The zero-order valence-electron chi connectivity index (χ0n) is 11.4. The van der Waals surface area contributed by atoms with Crippen molar-refractivity contribution < 1.29 is 4.74 Å². The van der Waals surface area contributed by atoms with E-state index in [0.29, 0.717) is 12.1 Å². The average molecular weight is 253 g/mol. The predicted molar refractivity (Wildman–Crippen MR) is 74.5 cm³/mol. The van der Waals surface area contributed by atoms with Gasteiger partial charge in [0.2, 0.25) is 0 Å². The molecule has 0 bridgehead atoms. The fourth-order valence-corrected chi connectivity index (χ4v) is 2.94. The topological polar surface area (TPSA) is 59.6 Å². The molecule has 1 heterocycles. The van der Waals surface area contributed by atoms with Gasteiger partial charge in [-0.05, 0) is 38.5 Å². The molecule has 4 heteroatoms. The molecule has 1 saturated heterocycles. The van der Waals surface area contributed by atoms with Gasteiger partial charge >= 0.3 is 0 Å². The molecule has 2 fully saturated rings. The van der Waals surface area contributed by atoms with Crippen LogP contribution in [0.25, 0.3) is 0 Å². The van der Waals surface area contributed by atoms with Gasteiger partial charge in [-0.15, -0.1) is 0 Å². The van der Waals surface area contributed by atoms with Gasteiger partial charge in [0.1, 0.15) is 5.84 Å². The van der Waals surface area contributed by atoms with Crippen LogP contribution in [0.15, 0.2) is 4.99 Å². The molecule has 2 aliphatic rings. The maximum atomic E-state index is 5.74. The monoisotopic (exact) mass is 253 g/mol. The summed E-state index contributed by atoms with van der Waals surface area (Å²) in [5, 5.41) is 0. The average Bonchev–Trinajstić information content (AvgIpc) is 2.45. The Morgan fingerprint density at radius 1 is 1.11 bits per heavy atom. The molecule has 1 saturated carbocycles. The predicted octanol–water partition coefficient (Wildman–Crippen LogP) is 2.53. The normalized spacial score (nSPS) is 27.2. The molecule has 1 aliphatic heterocycles. The van der Waals surface area contributed by atoms with Gasteiger partial charge in [-0.1, -0.05) is 19.3 Å². The molecule has 2 rings (SSSR count). The molecule has 4 nitrogen and oxygen atoms in total. The summed E-state index contributed by atoms with van der Waals surface area (Å²) in [6, 6.07) is 0.497. The third kappa shape index (κ3) is 4.58. The van der Waals surface area contributed by atoms with Gasteiger partial charge < -0.3 is 10.2 Å². The largest absolute Gasteiger partial charge is 0.378 e. The van der Waals surface area contributed by atoms with Crippen LogP contribution in [-0.2, 0) is 4.74 Å². The standard InChI is InChI=1S/C14H27N3O/c15-17-14(16-12-6-2-1-3-7-12)10-9-13-8-4-5-11-18-13/h12-13H,1-11,15H2,(H,16,17). The van der Waals surface area contributed by atoms with Gasteiger partial charge in [-0.2, -0.15) is 0 Å². The van der Waals surface area contributed by atoms with Crippen LogP contribution in [0.3, 0.4) is 0 Å². The summed E-state index contributed by atoms with van der Waals surface area (Å²) >= 11 is 0. The van der Waals surface area contributed by atoms with Crippen LogP contribution in [0, 0.1) is 0 Å². The van der Waals surface area contributed by atoms with Crippen LogP contribution in [-0.4, -0.2) is 24.6 Å². The van der Waals surface area contributed by atoms with Crippen molar-refractivity contribution in [2.24, 2.45) is 10.8 Å². The van der Waals surface area contributed by atoms with Crippen molar-refractivity contribution in [2.75, 3.05) is 6.61 Å². The molecule has 0 aromatic carbocycles. The highest BCUT2D eigenvalue weighted by atomic mass is 16.5. The smallest absolute Gasteiger partial charge is 0.111 e. The molecule has 3 N–H and O–H groups in total. The van der Waals surface area contributed by atoms with Crippen LogP contribution in [0.2, 0.25) is 0 Å². The van der Waals surface area contributed by atoms with Crippen molar-refractivity contribution in [1.82, 2.24) is 5.43 Å². The molecule has 0 aromatic heterocycles. The first kappa shape index (κ1) is 13.8. The highest BCUT2D eigenvalue weighted by molar-refractivity contribution is 5.81. The number of nitrogens with zero attached hydrogens (tertiary/aromatic N) is 1. The SMILES string of the molecule is NNC(CCC1CCCCO1)=NC1CCCCC1. The van der Waals surface area contributed by atoms with E-state index in [4.69, 9.17) is 15.6 Å². The van der Waals surface area contributed by atoms with Gasteiger partial charge in [0.25, 0.3) is 0 Å². The first-order valence-electron chi connectivity index (χ1n) is 7.53. The fraction of sp³-hybridized carbons (Fsp3) is 0.929. The Balaban J connectivity index is 1.74. The van der Waals surface area contributed by atoms with Crippen LogP contribution in [0.5, 0.6) is 0 Å². The number of hydrazine groups is 1. The quantitative estimate of drug-likeness (QED) is 0.350. The molecular weight excluding hydrogens is 226 g/mol. The summed E-state index contributed by atoms with van der Waals surface area (Å²) in [6.07, 6.45) is 12.6. The molecule has 104 valence electrons. The van der Waals surface area contributed by atoms with Crippen molar-refractivity contribution in [3.8, 4) is 0 Å². The highest BCUT2D eigenvalue weighted by Crippen LogP contribution is 2.21. The van der Waals surface area contributed by atoms with E-state index in [1.165, 1.54) is 51.4 Å². The van der Waals surface area contributed by atoms with E-state index in [2.05, 4.69) is 5.43 Å². The number of hydrogen-bond acceptors (Lipinski definition) is 3. The number of hydrogen-bond donors (Lipinski definition) is 2. The van der Waals surface area contributed by atoms with Crippen LogP contribution < -0.4 is 11.3 Å². The van der Waals surface area contributed by atoms with Crippen molar-refractivity contribution in [1.29, 1.82) is 0 Å². The van der Waals surface area contributed by atoms with Gasteiger partial charge in [0.05, 0.1) is 12.1 Å². The molecule has 18 heavy (non-hydrogen) atoms. The van der Waals surface area contributed by atoms with E-state index in [1.807, 2.05) is 0 Å². The third-order valence-electron chi connectivity index (χ3n) is 4.06. The highest BCUT2D eigenvalue weighted by Gasteiger charge is 2.16. The van der Waals surface area contributed by atoms with Crippen molar-refractivity contribution in [2.45, 2.75) is 76.4 Å². The summed E-state index contributed by atoms with van der Waals surface area (Å²) in [6.45, 7) is 0.926. The zero-order chi connectivity index (χ0) is 12.6.